The number of hydrogen-bond donors (Lipinski definition) is 1. The second kappa shape index (κ2) is 3.61. The summed E-state index contributed by atoms with van der Waals surface area (Å²) >= 11 is 6.11. The highest BCUT2D eigenvalue weighted by Crippen LogP contribution is 2.26. The fourth-order valence-electron chi connectivity index (χ4n) is 1.63. The lowest BCUT2D eigenvalue weighted by Crippen LogP contribution is -1.87. The molecular weight excluding hydrogens is 222 g/mol. The molecule has 2 heterocycles. The highest BCUT2D eigenvalue weighted by Gasteiger charge is 2.06. The Kier molecular flexibility index (Phi) is 2.11. The van der Waals surface area contributed by atoms with Crippen LogP contribution in [0.2, 0.25) is 5.02 Å². The van der Waals surface area contributed by atoms with Gasteiger partial charge in [0.25, 0.3) is 0 Å². The number of hydrogen-bond acceptors (Lipinski definition) is 2. The average molecular weight is 230 g/mol. The molecule has 0 saturated carbocycles. The van der Waals surface area contributed by atoms with E-state index in [-0.39, 0.29) is 0 Å². The minimum atomic E-state index is 0.687. The molecule has 0 unspecified atom stereocenters. The topological polar surface area (TPSA) is 41.6 Å². The van der Waals surface area contributed by atoms with Gasteiger partial charge in [-0.2, -0.15) is 0 Å². The molecule has 3 nitrogen and oxygen atoms in total. The van der Waals surface area contributed by atoms with E-state index in [0.29, 0.717) is 5.02 Å². The van der Waals surface area contributed by atoms with Gasteiger partial charge in [-0.05, 0) is 12.1 Å². The molecule has 4 heteroatoms. The molecule has 1 N–H and O–H groups in total. The van der Waals surface area contributed by atoms with Crippen LogP contribution < -0.4 is 0 Å². The molecule has 2 aromatic heterocycles. The predicted molar refractivity (Wildman–Crippen MR) is 64.3 cm³/mol. The number of benzene rings is 1. The number of H-pyrrole nitrogens is 1. The van der Waals surface area contributed by atoms with Crippen LogP contribution in [0.15, 0.2) is 42.7 Å². The number of halogens is 1. The third-order valence-corrected chi connectivity index (χ3v) is 2.74. The van der Waals surface area contributed by atoms with Crippen molar-refractivity contribution >= 4 is 22.8 Å². The summed E-state index contributed by atoms with van der Waals surface area (Å²) in [6.45, 7) is 0. The van der Waals surface area contributed by atoms with Gasteiger partial charge in [-0.3, -0.25) is 0 Å². The Morgan fingerprint density at radius 3 is 2.88 bits per heavy atom. The van der Waals surface area contributed by atoms with Gasteiger partial charge in [0.1, 0.15) is 5.52 Å². The van der Waals surface area contributed by atoms with Crippen molar-refractivity contribution < 1.29 is 0 Å². The van der Waals surface area contributed by atoms with Crippen LogP contribution in [0.1, 0.15) is 0 Å². The van der Waals surface area contributed by atoms with Crippen molar-refractivity contribution in [3.8, 4) is 11.3 Å². The van der Waals surface area contributed by atoms with Gasteiger partial charge >= 0.3 is 0 Å². The summed E-state index contributed by atoms with van der Waals surface area (Å²) in [6.07, 6.45) is 3.54. The van der Waals surface area contributed by atoms with Crippen molar-refractivity contribution in [2.75, 3.05) is 0 Å². The first kappa shape index (κ1) is 9.36. The molecule has 3 rings (SSSR count). The number of rotatable bonds is 1. The Bertz CT molecular complexity index is 645. The first-order valence-electron chi connectivity index (χ1n) is 4.89. The maximum Gasteiger partial charge on any atom is 0.156 e. The van der Waals surface area contributed by atoms with E-state index in [2.05, 4.69) is 15.0 Å². The van der Waals surface area contributed by atoms with Crippen molar-refractivity contribution in [2.24, 2.45) is 0 Å². The van der Waals surface area contributed by atoms with Gasteiger partial charge in [0.15, 0.2) is 5.65 Å². The van der Waals surface area contributed by atoms with Crippen molar-refractivity contribution in [1.82, 2.24) is 15.0 Å². The monoisotopic (exact) mass is 229 g/mol. The van der Waals surface area contributed by atoms with E-state index in [1.165, 1.54) is 0 Å². The molecule has 0 atom stereocenters. The van der Waals surface area contributed by atoms with Crippen LogP contribution in [0.3, 0.4) is 0 Å². The van der Waals surface area contributed by atoms with Crippen molar-refractivity contribution in [3.63, 3.8) is 0 Å². The van der Waals surface area contributed by atoms with Crippen LogP contribution >= 0.6 is 11.6 Å². The molecule has 0 amide bonds. The lowest BCUT2D eigenvalue weighted by Gasteiger charge is -2.02. The van der Waals surface area contributed by atoms with Crippen molar-refractivity contribution in [1.29, 1.82) is 0 Å². The number of aromatic nitrogens is 3. The van der Waals surface area contributed by atoms with Gasteiger partial charge in [-0.25, -0.2) is 9.97 Å². The highest BCUT2D eigenvalue weighted by atomic mass is 35.5. The molecule has 0 saturated heterocycles. The maximum atomic E-state index is 6.11. The summed E-state index contributed by atoms with van der Waals surface area (Å²) < 4.78 is 0. The Morgan fingerprint density at radius 2 is 2.00 bits per heavy atom. The Labute approximate surface area is 97.1 Å². The van der Waals surface area contributed by atoms with Gasteiger partial charge in [-0.1, -0.05) is 29.8 Å². The van der Waals surface area contributed by atoms with E-state index >= 15 is 0 Å². The summed E-state index contributed by atoms with van der Waals surface area (Å²) in [6, 6.07) is 9.51. The highest BCUT2D eigenvalue weighted by molar-refractivity contribution is 6.33. The minimum absolute atomic E-state index is 0.687. The number of nitrogens with one attached hydrogen (secondary N) is 1. The van der Waals surface area contributed by atoms with Crippen LogP contribution in [-0.4, -0.2) is 15.0 Å². The largest absolute Gasteiger partial charge is 0.345 e. The molecular formula is C12H8ClN3. The van der Waals surface area contributed by atoms with Crippen LogP contribution in [0, 0.1) is 0 Å². The van der Waals surface area contributed by atoms with E-state index in [1.807, 2.05) is 36.5 Å². The summed E-state index contributed by atoms with van der Waals surface area (Å²) in [5, 5.41) is 0.687. The zero-order chi connectivity index (χ0) is 11.0. The van der Waals surface area contributed by atoms with Crippen LogP contribution in [0.5, 0.6) is 0 Å². The molecule has 0 bridgehead atoms. The van der Waals surface area contributed by atoms with Gasteiger partial charge in [-0.15, -0.1) is 0 Å². The van der Waals surface area contributed by atoms with Gasteiger partial charge in [0, 0.05) is 11.8 Å². The zero-order valence-corrected chi connectivity index (χ0v) is 9.07. The van der Waals surface area contributed by atoms with Crippen LogP contribution in [0.25, 0.3) is 22.4 Å². The molecule has 78 valence electrons. The Morgan fingerprint density at radius 1 is 1.12 bits per heavy atom. The standard InChI is InChI=1S/C12H8ClN3/c13-9-4-2-1-3-8(9)11-7-15-12-10(16-11)5-6-14-12/h1-7H,(H,14,15). The van der Waals surface area contributed by atoms with E-state index in [4.69, 9.17) is 11.6 Å². The maximum absolute atomic E-state index is 6.11. The van der Waals surface area contributed by atoms with Crippen LogP contribution in [0.4, 0.5) is 0 Å². The van der Waals surface area contributed by atoms with Crippen molar-refractivity contribution in [3.05, 3.63) is 47.7 Å². The zero-order valence-electron chi connectivity index (χ0n) is 8.31. The van der Waals surface area contributed by atoms with Gasteiger partial charge in [0.05, 0.1) is 16.9 Å². The van der Waals surface area contributed by atoms with Crippen LogP contribution in [-0.2, 0) is 0 Å². The molecule has 0 aliphatic heterocycles. The average Bonchev–Trinajstić information content (AvgIpc) is 2.76. The lowest BCUT2D eigenvalue weighted by atomic mass is 10.1. The fourth-order valence-corrected chi connectivity index (χ4v) is 1.86. The number of aromatic amines is 1. The van der Waals surface area contributed by atoms with Crippen molar-refractivity contribution in [2.45, 2.75) is 0 Å². The predicted octanol–water partition coefficient (Wildman–Crippen LogP) is 3.28. The molecule has 3 aromatic rings. The van der Waals surface area contributed by atoms with E-state index in [9.17, 15) is 0 Å². The van der Waals surface area contributed by atoms with E-state index < -0.39 is 0 Å². The number of fused-ring (bicyclic) bond motifs is 1. The second-order valence-corrected chi connectivity index (χ2v) is 3.85. The summed E-state index contributed by atoms with van der Waals surface area (Å²) in [7, 11) is 0. The van der Waals surface area contributed by atoms with E-state index in [1.54, 1.807) is 6.20 Å². The third-order valence-electron chi connectivity index (χ3n) is 2.41. The Balaban J connectivity index is 2.22. The normalized spacial score (nSPS) is 10.8. The molecule has 0 radical (unpaired) electrons. The second-order valence-electron chi connectivity index (χ2n) is 3.45. The molecule has 0 spiro atoms. The summed E-state index contributed by atoms with van der Waals surface area (Å²) in [5.41, 5.74) is 3.32. The smallest absolute Gasteiger partial charge is 0.156 e. The fraction of sp³-hybridized carbons (Fsp3) is 0. The molecule has 1 aromatic carbocycles. The molecule has 0 aliphatic carbocycles. The minimum Gasteiger partial charge on any atom is -0.345 e. The first-order chi connectivity index (χ1) is 7.84. The first-order valence-corrected chi connectivity index (χ1v) is 5.27. The molecule has 0 fully saturated rings. The van der Waals surface area contributed by atoms with Gasteiger partial charge < -0.3 is 4.98 Å². The SMILES string of the molecule is Clc1ccccc1-c1cnc2[nH]ccc2n1. The Hall–Kier alpha value is -1.87. The van der Waals surface area contributed by atoms with E-state index in [0.717, 1.165) is 22.4 Å². The summed E-state index contributed by atoms with van der Waals surface area (Å²) in [5.74, 6) is 0. The number of nitrogens with zero attached hydrogens (tertiary/aromatic N) is 2. The molecule has 16 heavy (non-hydrogen) atoms. The third kappa shape index (κ3) is 1.46. The molecule has 0 aliphatic rings. The quantitative estimate of drug-likeness (QED) is 0.696. The summed E-state index contributed by atoms with van der Waals surface area (Å²) in [4.78, 5) is 11.8. The lowest BCUT2D eigenvalue weighted by molar-refractivity contribution is 1.26. The van der Waals surface area contributed by atoms with Gasteiger partial charge in [0.2, 0.25) is 0 Å².